The van der Waals surface area contributed by atoms with Gasteiger partial charge >= 0.3 is 0 Å². The van der Waals surface area contributed by atoms with Gasteiger partial charge in [-0.25, -0.2) is 4.98 Å². The quantitative estimate of drug-likeness (QED) is 0.866. The molecule has 0 aliphatic carbocycles. The van der Waals surface area contributed by atoms with E-state index in [1.807, 2.05) is 0 Å². The summed E-state index contributed by atoms with van der Waals surface area (Å²) in [6.45, 7) is 7.95. The second kappa shape index (κ2) is 7.62. The first-order valence-electron chi connectivity index (χ1n) is 10.5. The molecule has 148 valence electrons. The van der Waals surface area contributed by atoms with Crippen LogP contribution in [0.15, 0.2) is 6.07 Å². The molecular weight excluding hydrogens is 340 g/mol. The third-order valence-electron chi connectivity index (χ3n) is 6.56. The molecule has 4 rings (SSSR count). The van der Waals surface area contributed by atoms with Crippen molar-refractivity contribution in [1.82, 2.24) is 20.2 Å². The van der Waals surface area contributed by atoms with Crippen LogP contribution < -0.4 is 15.1 Å². The zero-order valence-electron chi connectivity index (χ0n) is 16.7. The zero-order chi connectivity index (χ0) is 18.9. The molecule has 1 aromatic rings. The second-order valence-corrected chi connectivity index (χ2v) is 8.23. The molecule has 4 heterocycles. The molecule has 1 N–H and O–H groups in total. The smallest absolute Gasteiger partial charge is 0.227 e. The van der Waals surface area contributed by atoms with Crippen molar-refractivity contribution in [2.75, 3.05) is 56.1 Å². The van der Waals surface area contributed by atoms with Gasteiger partial charge in [0.05, 0.1) is 0 Å². The van der Waals surface area contributed by atoms with Crippen LogP contribution in [0.2, 0.25) is 0 Å². The molecule has 1 aromatic heterocycles. The van der Waals surface area contributed by atoms with Crippen molar-refractivity contribution in [2.24, 2.45) is 0 Å². The maximum absolute atomic E-state index is 11.9. The third kappa shape index (κ3) is 3.74. The van der Waals surface area contributed by atoms with E-state index in [4.69, 9.17) is 9.97 Å². The van der Waals surface area contributed by atoms with E-state index in [1.165, 1.54) is 12.8 Å². The number of aromatic nitrogens is 2. The van der Waals surface area contributed by atoms with Gasteiger partial charge in [0.15, 0.2) is 0 Å². The van der Waals surface area contributed by atoms with Crippen molar-refractivity contribution in [3.05, 3.63) is 11.8 Å². The first-order chi connectivity index (χ1) is 13.1. The van der Waals surface area contributed by atoms with E-state index in [9.17, 15) is 4.79 Å². The normalized spacial score (nSPS) is 27.1. The minimum absolute atomic E-state index is 0.0442. The summed E-state index contributed by atoms with van der Waals surface area (Å²) >= 11 is 0. The molecule has 1 unspecified atom stereocenters. The number of carbonyl (C=O) groups is 1. The Morgan fingerprint density at radius 1 is 1.11 bits per heavy atom. The van der Waals surface area contributed by atoms with Crippen LogP contribution >= 0.6 is 0 Å². The summed E-state index contributed by atoms with van der Waals surface area (Å²) in [6.07, 6.45) is 5.91. The minimum atomic E-state index is 0.0442. The monoisotopic (exact) mass is 372 g/mol. The van der Waals surface area contributed by atoms with Gasteiger partial charge in [-0.3, -0.25) is 9.69 Å². The van der Waals surface area contributed by atoms with Gasteiger partial charge < -0.3 is 15.1 Å². The minimum Gasteiger partial charge on any atom is -0.356 e. The van der Waals surface area contributed by atoms with Crippen LogP contribution in [-0.2, 0) is 11.2 Å². The van der Waals surface area contributed by atoms with E-state index in [0.717, 1.165) is 76.0 Å². The van der Waals surface area contributed by atoms with Crippen LogP contribution in [0.25, 0.3) is 0 Å². The zero-order valence-corrected chi connectivity index (χ0v) is 16.7. The van der Waals surface area contributed by atoms with Crippen molar-refractivity contribution in [3.8, 4) is 0 Å². The number of nitrogens with zero attached hydrogens (tertiary/aromatic N) is 5. The summed E-state index contributed by atoms with van der Waals surface area (Å²) in [5.41, 5.74) is 1.16. The number of aryl methyl sites for hydroxylation is 1. The molecule has 1 spiro atoms. The Labute approximate surface area is 162 Å². The van der Waals surface area contributed by atoms with Crippen molar-refractivity contribution < 1.29 is 4.79 Å². The highest BCUT2D eigenvalue weighted by atomic mass is 16.1. The van der Waals surface area contributed by atoms with Crippen molar-refractivity contribution in [2.45, 2.75) is 51.0 Å². The molecule has 1 atom stereocenters. The van der Waals surface area contributed by atoms with E-state index in [-0.39, 0.29) is 11.4 Å². The van der Waals surface area contributed by atoms with E-state index in [1.54, 1.807) is 0 Å². The van der Waals surface area contributed by atoms with Gasteiger partial charge in [-0.2, -0.15) is 4.98 Å². The van der Waals surface area contributed by atoms with Crippen LogP contribution in [-0.4, -0.2) is 72.6 Å². The molecule has 3 aliphatic rings. The molecule has 7 nitrogen and oxygen atoms in total. The SMILES string of the molecule is CCc1cc(N2CCN(C)C3(CCNC(=O)CC3)C2)nc(N2CCCC2)n1. The molecule has 7 heteroatoms. The number of amides is 1. The Morgan fingerprint density at radius 2 is 1.93 bits per heavy atom. The fourth-order valence-electron chi connectivity index (χ4n) is 4.66. The Hall–Kier alpha value is -1.89. The number of rotatable bonds is 3. The second-order valence-electron chi connectivity index (χ2n) is 8.23. The fraction of sp³-hybridized carbons (Fsp3) is 0.750. The third-order valence-corrected chi connectivity index (χ3v) is 6.56. The predicted molar refractivity (Wildman–Crippen MR) is 107 cm³/mol. The molecule has 27 heavy (non-hydrogen) atoms. The lowest BCUT2D eigenvalue weighted by Crippen LogP contribution is -2.61. The molecule has 0 radical (unpaired) electrons. The number of piperazine rings is 1. The summed E-state index contributed by atoms with van der Waals surface area (Å²) in [5.74, 6) is 2.14. The lowest BCUT2D eigenvalue weighted by Gasteiger charge is -2.49. The van der Waals surface area contributed by atoms with Gasteiger partial charge in [-0.1, -0.05) is 6.92 Å². The standard InChI is InChI=1S/C20H32N6O/c1-3-16-14-17(23-19(22-16)25-10-4-5-11-25)26-13-12-24(2)20(15-26)7-6-18(27)21-9-8-20/h14H,3-13,15H2,1-2H3,(H,21,27). The largest absolute Gasteiger partial charge is 0.356 e. The van der Waals surface area contributed by atoms with Crippen LogP contribution in [0.1, 0.15) is 44.7 Å². The summed E-state index contributed by atoms with van der Waals surface area (Å²) in [6, 6.07) is 2.17. The summed E-state index contributed by atoms with van der Waals surface area (Å²) in [7, 11) is 2.21. The lowest BCUT2D eigenvalue weighted by atomic mass is 9.86. The first-order valence-corrected chi connectivity index (χ1v) is 10.5. The summed E-state index contributed by atoms with van der Waals surface area (Å²) in [5, 5.41) is 3.04. The number of anilines is 2. The van der Waals surface area contributed by atoms with E-state index in [0.29, 0.717) is 6.42 Å². The number of hydrogen-bond acceptors (Lipinski definition) is 6. The van der Waals surface area contributed by atoms with Crippen LogP contribution in [0.3, 0.4) is 0 Å². The summed E-state index contributed by atoms with van der Waals surface area (Å²) in [4.78, 5) is 28.9. The van der Waals surface area contributed by atoms with Crippen molar-refractivity contribution in [3.63, 3.8) is 0 Å². The highest BCUT2D eigenvalue weighted by Crippen LogP contribution is 2.33. The Kier molecular flexibility index (Phi) is 5.21. The maximum Gasteiger partial charge on any atom is 0.227 e. The number of hydrogen-bond donors (Lipinski definition) is 1. The van der Waals surface area contributed by atoms with E-state index < -0.39 is 0 Å². The molecule has 0 bridgehead atoms. The summed E-state index contributed by atoms with van der Waals surface area (Å²) < 4.78 is 0. The lowest BCUT2D eigenvalue weighted by molar-refractivity contribution is -0.120. The Balaban J connectivity index is 1.60. The first kappa shape index (κ1) is 18.5. The van der Waals surface area contributed by atoms with Crippen LogP contribution in [0.4, 0.5) is 11.8 Å². The molecule has 0 aromatic carbocycles. The van der Waals surface area contributed by atoms with Gasteiger partial charge in [0.1, 0.15) is 5.82 Å². The average molecular weight is 373 g/mol. The van der Waals surface area contributed by atoms with Gasteiger partial charge in [-0.15, -0.1) is 0 Å². The van der Waals surface area contributed by atoms with Gasteiger partial charge in [-0.05, 0) is 39.2 Å². The Morgan fingerprint density at radius 3 is 2.70 bits per heavy atom. The van der Waals surface area contributed by atoms with Crippen molar-refractivity contribution >= 4 is 17.7 Å². The topological polar surface area (TPSA) is 64.6 Å². The van der Waals surface area contributed by atoms with E-state index in [2.05, 4.69) is 40.1 Å². The van der Waals surface area contributed by atoms with Gasteiger partial charge in [0.2, 0.25) is 11.9 Å². The van der Waals surface area contributed by atoms with Gasteiger partial charge in [0.25, 0.3) is 0 Å². The average Bonchev–Trinajstić information content (AvgIpc) is 3.16. The highest BCUT2D eigenvalue weighted by Gasteiger charge is 2.41. The molecule has 0 saturated carbocycles. The molecule has 1 amide bonds. The van der Waals surface area contributed by atoms with Gasteiger partial charge in [0, 0.05) is 63.0 Å². The number of likely N-dealkylation sites (N-methyl/N-ethyl adjacent to an activating group) is 1. The number of carbonyl (C=O) groups excluding carboxylic acids is 1. The van der Waals surface area contributed by atoms with Crippen LogP contribution in [0.5, 0.6) is 0 Å². The Bertz CT molecular complexity index is 689. The van der Waals surface area contributed by atoms with Crippen molar-refractivity contribution in [1.29, 1.82) is 0 Å². The molecule has 3 saturated heterocycles. The fourth-order valence-corrected chi connectivity index (χ4v) is 4.66. The molecule has 3 aliphatic heterocycles. The maximum atomic E-state index is 11.9. The number of nitrogens with one attached hydrogen (secondary N) is 1. The molecule has 3 fully saturated rings. The predicted octanol–water partition coefficient (Wildman–Crippen LogP) is 1.43. The molecular formula is C20H32N6O. The van der Waals surface area contributed by atoms with Crippen LogP contribution in [0, 0.1) is 0 Å². The van der Waals surface area contributed by atoms with E-state index >= 15 is 0 Å². The highest BCUT2D eigenvalue weighted by molar-refractivity contribution is 5.76.